The Morgan fingerprint density at radius 1 is 1.19 bits per heavy atom. The molecule has 0 saturated carbocycles. The molecule has 0 spiro atoms. The highest BCUT2D eigenvalue weighted by atomic mass is 35.5. The Bertz CT molecular complexity index is 1010. The molecule has 7 heteroatoms. The summed E-state index contributed by atoms with van der Waals surface area (Å²) in [6.07, 6.45) is 6.03. The van der Waals surface area contributed by atoms with Gasteiger partial charge in [0.1, 0.15) is 11.6 Å². The van der Waals surface area contributed by atoms with Crippen molar-refractivity contribution in [1.29, 1.82) is 0 Å². The summed E-state index contributed by atoms with van der Waals surface area (Å²) in [7, 11) is 1.58. The molecule has 1 aliphatic heterocycles. The van der Waals surface area contributed by atoms with Crippen molar-refractivity contribution in [2.75, 3.05) is 32.1 Å². The standard InChI is InChI=1S/C24H27ClN4O2/c1-31-22-8-7-20(25)15-21(22)27-23(30)17-28-12-9-18(10-13-28)16-29-14-11-26-24(29)19-5-3-2-4-6-19/h2-8,11,14-15,18H,9-10,12-13,16-17H2,1H3,(H,27,30). The van der Waals surface area contributed by atoms with E-state index >= 15 is 0 Å². The van der Waals surface area contributed by atoms with Crippen molar-refractivity contribution in [1.82, 2.24) is 14.5 Å². The monoisotopic (exact) mass is 438 g/mol. The molecule has 2 heterocycles. The predicted molar refractivity (Wildman–Crippen MR) is 123 cm³/mol. The number of halogens is 1. The molecule has 1 aliphatic rings. The van der Waals surface area contributed by atoms with Crippen LogP contribution in [0.2, 0.25) is 5.02 Å². The maximum atomic E-state index is 12.5. The Hall–Kier alpha value is -2.83. The van der Waals surface area contributed by atoms with Gasteiger partial charge in [-0.05, 0) is 50.0 Å². The van der Waals surface area contributed by atoms with Gasteiger partial charge in [-0.2, -0.15) is 0 Å². The van der Waals surface area contributed by atoms with Crippen LogP contribution in [0, 0.1) is 5.92 Å². The van der Waals surface area contributed by atoms with E-state index in [4.69, 9.17) is 16.3 Å². The highest BCUT2D eigenvalue weighted by Crippen LogP contribution is 2.28. The minimum absolute atomic E-state index is 0.0556. The fraction of sp³-hybridized carbons (Fsp3) is 0.333. The van der Waals surface area contributed by atoms with Gasteiger partial charge >= 0.3 is 0 Å². The van der Waals surface area contributed by atoms with Crippen LogP contribution in [0.1, 0.15) is 12.8 Å². The van der Waals surface area contributed by atoms with E-state index in [1.165, 1.54) is 0 Å². The first-order valence-electron chi connectivity index (χ1n) is 10.5. The van der Waals surface area contributed by atoms with E-state index < -0.39 is 0 Å². The first-order chi connectivity index (χ1) is 15.1. The van der Waals surface area contributed by atoms with Crippen LogP contribution in [0.3, 0.4) is 0 Å². The number of nitrogens with zero attached hydrogens (tertiary/aromatic N) is 3. The number of piperidine rings is 1. The summed E-state index contributed by atoms with van der Waals surface area (Å²) >= 11 is 6.05. The van der Waals surface area contributed by atoms with Crippen LogP contribution >= 0.6 is 11.6 Å². The SMILES string of the molecule is COc1ccc(Cl)cc1NC(=O)CN1CCC(Cn2ccnc2-c2ccccc2)CC1. The lowest BCUT2D eigenvalue weighted by molar-refractivity contribution is -0.117. The van der Waals surface area contributed by atoms with Gasteiger partial charge in [0.15, 0.2) is 0 Å². The highest BCUT2D eigenvalue weighted by Gasteiger charge is 2.22. The van der Waals surface area contributed by atoms with E-state index in [2.05, 4.69) is 38.1 Å². The molecule has 3 aromatic rings. The molecular weight excluding hydrogens is 412 g/mol. The van der Waals surface area contributed by atoms with Gasteiger partial charge in [-0.1, -0.05) is 41.9 Å². The van der Waals surface area contributed by atoms with E-state index in [1.807, 2.05) is 24.4 Å². The first kappa shape index (κ1) is 21.4. The molecule has 2 aromatic carbocycles. The molecule has 0 bridgehead atoms. The predicted octanol–water partition coefficient (Wildman–Crippen LogP) is 4.56. The fourth-order valence-electron chi connectivity index (χ4n) is 4.08. The Morgan fingerprint density at radius 3 is 2.71 bits per heavy atom. The summed E-state index contributed by atoms with van der Waals surface area (Å²) in [4.78, 5) is 19.3. The van der Waals surface area contributed by atoms with Gasteiger partial charge in [0.25, 0.3) is 0 Å². The zero-order valence-corrected chi connectivity index (χ0v) is 18.4. The van der Waals surface area contributed by atoms with Gasteiger partial charge < -0.3 is 14.6 Å². The minimum atomic E-state index is -0.0556. The van der Waals surface area contributed by atoms with Crippen LogP contribution < -0.4 is 10.1 Å². The molecular formula is C24H27ClN4O2. The maximum Gasteiger partial charge on any atom is 0.238 e. The van der Waals surface area contributed by atoms with Crippen LogP contribution in [0.4, 0.5) is 5.69 Å². The summed E-state index contributed by atoms with van der Waals surface area (Å²) < 4.78 is 7.55. The first-order valence-corrected chi connectivity index (χ1v) is 10.9. The lowest BCUT2D eigenvalue weighted by Crippen LogP contribution is -2.40. The van der Waals surface area contributed by atoms with Crippen LogP contribution in [-0.4, -0.2) is 47.1 Å². The number of aromatic nitrogens is 2. The summed E-state index contributed by atoms with van der Waals surface area (Å²) in [5.41, 5.74) is 1.74. The molecule has 4 rings (SSSR count). The Balaban J connectivity index is 1.29. The van der Waals surface area contributed by atoms with Gasteiger partial charge in [-0.3, -0.25) is 9.69 Å². The normalized spacial score (nSPS) is 15.0. The summed E-state index contributed by atoms with van der Waals surface area (Å²) in [6.45, 7) is 3.12. The number of nitrogens with one attached hydrogen (secondary N) is 1. The second-order valence-electron chi connectivity index (χ2n) is 7.88. The molecule has 1 saturated heterocycles. The third-order valence-corrected chi connectivity index (χ3v) is 5.95. The van der Waals surface area contributed by atoms with Crippen LogP contribution in [0.5, 0.6) is 5.75 Å². The lowest BCUT2D eigenvalue weighted by Gasteiger charge is -2.31. The summed E-state index contributed by atoms with van der Waals surface area (Å²) in [5, 5.41) is 3.48. The Morgan fingerprint density at radius 2 is 1.97 bits per heavy atom. The molecule has 0 unspecified atom stereocenters. The second kappa shape index (κ2) is 9.98. The van der Waals surface area contributed by atoms with E-state index in [0.717, 1.165) is 43.9 Å². The van der Waals surface area contributed by atoms with Gasteiger partial charge in [0.05, 0.1) is 19.3 Å². The lowest BCUT2D eigenvalue weighted by atomic mass is 9.96. The van der Waals surface area contributed by atoms with E-state index in [1.54, 1.807) is 25.3 Å². The van der Waals surface area contributed by atoms with Gasteiger partial charge in [0.2, 0.25) is 5.91 Å². The third kappa shape index (κ3) is 5.46. The molecule has 0 atom stereocenters. The summed E-state index contributed by atoms with van der Waals surface area (Å²) in [6, 6.07) is 15.5. The number of ether oxygens (including phenoxy) is 1. The number of carbonyl (C=O) groups excluding carboxylic acids is 1. The average Bonchev–Trinajstić information content (AvgIpc) is 3.24. The minimum Gasteiger partial charge on any atom is -0.495 e. The van der Waals surface area contributed by atoms with Crippen molar-refractivity contribution < 1.29 is 9.53 Å². The van der Waals surface area contributed by atoms with E-state index in [9.17, 15) is 4.79 Å². The van der Waals surface area contributed by atoms with Crippen LogP contribution in [0.15, 0.2) is 60.9 Å². The third-order valence-electron chi connectivity index (χ3n) is 5.71. The number of anilines is 1. The van der Waals surface area contributed by atoms with E-state index in [-0.39, 0.29) is 5.91 Å². The number of carbonyl (C=O) groups is 1. The number of amides is 1. The van der Waals surface area contributed by atoms with Crippen molar-refractivity contribution in [2.24, 2.45) is 5.92 Å². The van der Waals surface area contributed by atoms with E-state index in [0.29, 0.717) is 28.9 Å². The van der Waals surface area contributed by atoms with Gasteiger partial charge in [0, 0.05) is 29.5 Å². The van der Waals surface area contributed by atoms with Gasteiger partial charge in [-0.25, -0.2) is 4.98 Å². The van der Waals surface area contributed by atoms with Crippen molar-refractivity contribution >= 4 is 23.2 Å². The van der Waals surface area contributed by atoms with Crippen molar-refractivity contribution in [3.63, 3.8) is 0 Å². The summed E-state index contributed by atoms with van der Waals surface area (Å²) in [5.74, 6) is 2.13. The molecule has 1 N–H and O–H groups in total. The highest BCUT2D eigenvalue weighted by molar-refractivity contribution is 6.31. The zero-order chi connectivity index (χ0) is 21.6. The molecule has 1 aromatic heterocycles. The van der Waals surface area contributed by atoms with Crippen molar-refractivity contribution in [2.45, 2.75) is 19.4 Å². The zero-order valence-electron chi connectivity index (χ0n) is 17.6. The largest absolute Gasteiger partial charge is 0.495 e. The number of likely N-dealkylation sites (tertiary alicyclic amines) is 1. The number of imidazole rings is 1. The topological polar surface area (TPSA) is 59.4 Å². The number of methoxy groups -OCH3 is 1. The molecule has 1 amide bonds. The van der Waals surface area contributed by atoms with Crippen molar-refractivity contribution in [3.05, 3.63) is 65.9 Å². The molecule has 162 valence electrons. The quantitative estimate of drug-likeness (QED) is 0.587. The number of rotatable bonds is 7. The molecule has 0 radical (unpaired) electrons. The average molecular weight is 439 g/mol. The van der Waals surface area contributed by atoms with Crippen LogP contribution in [0.25, 0.3) is 11.4 Å². The Labute approximate surface area is 187 Å². The van der Waals surface area contributed by atoms with Gasteiger partial charge in [-0.15, -0.1) is 0 Å². The number of hydrogen-bond donors (Lipinski definition) is 1. The number of hydrogen-bond acceptors (Lipinski definition) is 4. The molecule has 6 nitrogen and oxygen atoms in total. The Kier molecular flexibility index (Phi) is 6.89. The molecule has 1 fully saturated rings. The fourth-order valence-corrected chi connectivity index (χ4v) is 4.25. The smallest absolute Gasteiger partial charge is 0.238 e. The molecule has 31 heavy (non-hydrogen) atoms. The maximum absolute atomic E-state index is 12.5. The second-order valence-corrected chi connectivity index (χ2v) is 8.32. The number of benzene rings is 2. The van der Waals surface area contributed by atoms with Crippen LogP contribution in [-0.2, 0) is 11.3 Å². The van der Waals surface area contributed by atoms with Crippen molar-refractivity contribution in [3.8, 4) is 17.1 Å². The molecule has 0 aliphatic carbocycles.